The highest BCUT2D eigenvalue weighted by atomic mass is 16.6. The molecule has 1 amide bonds. The Kier molecular flexibility index (Phi) is 5.48. The number of ether oxygens (including phenoxy) is 1. The molecule has 2 atom stereocenters. The predicted molar refractivity (Wildman–Crippen MR) is 116 cm³/mol. The molecule has 2 aliphatic heterocycles. The first-order chi connectivity index (χ1) is 14.7. The van der Waals surface area contributed by atoms with Crippen LogP contribution >= 0.6 is 0 Å². The van der Waals surface area contributed by atoms with Crippen LogP contribution < -0.4 is 0 Å². The van der Waals surface area contributed by atoms with E-state index >= 15 is 0 Å². The minimum atomic E-state index is -0.192. The lowest BCUT2D eigenvalue weighted by Gasteiger charge is -2.34. The summed E-state index contributed by atoms with van der Waals surface area (Å²) in [5.74, 6) is 0.567. The Morgan fingerprint density at radius 1 is 0.967 bits per heavy atom. The Hall–Kier alpha value is -2.37. The molecule has 5 rings (SSSR count). The number of carbonyl (C=O) groups is 1. The van der Waals surface area contributed by atoms with Crippen molar-refractivity contribution in [2.45, 2.75) is 31.3 Å². The maximum absolute atomic E-state index is 12.9. The summed E-state index contributed by atoms with van der Waals surface area (Å²) in [5.41, 5.74) is 4.99. The number of hydrogen-bond acceptors (Lipinski definition) is 4. The summed E-state index contributed by atoms with van der Waals surface area (Å²) in [6.07, 6.45) is 2.64. The highest BCUT2D eigenvalue weighted by Gasteiger charge is 2.31. The molecule has 2 fully saturated rings. The zero-order chi connectivity index (χ0) is 20.5. The van der Waals surface area contributed by atoms with Gasteiger partial charge in [0.25, 0.3) is 0 Å². The molecule has 30 heavy (non-hydrogen) atoms. The summed E-state index contributed by atoms with van der Waals surface area (Å²) in [7, 11) is 0. The standard InChI is InChI=1S/C25H30N2O3/c28-19-11-13-26(16-19)14-18-6-5-12-27(15-18)25(29)30-17-24-22-9-3-1-7-20(22)21-8-2-4-10-23(21)24/h1-4,7-10,18-19,24,28H,5-6,11-17H2. The van der Waals surface area contributed by atoms with E-state index in [0.717, 1.165) is 52.0 Å². The highest BCUT2D eigenvalue weighted by Crippen LogP contribution is 2.44. The molecule has 0 saturated carbocycles. The zero-order valence-corrected chi connectivity index (χ0v) is 17.4. The molecule has 0 aromatic heterocycles. The number of aliphatic hydroxyl groups is 1. The number of aliphatic hydroxyl groups excluding tert-OH is 1. The molecule has 0 radical (unpaired) electrons. The van der Waals surface area contributed by atoms with Crippen LogP contribution in [0.5, 0.6) is 0 Å². The van der Waals surface area contributed by atoms with Crippen LogP contribution in [0.15, 0.2) is 48.5 Å². The number of likely N-dealkylation sites (tertiary alicyclic amines) is 2. The van der Waals surface area contributed by atoms with Crippen LogP contribution in [0, 0.1) is 5.92 Å². The van der Waals surface area contributed by atoms with E-state index in [0.29, 0.717) is 12.5 Å². The van der Waals surface area contributed by atoms with Gasteiger partial charge >= 0.3 is 6.09 Å². The van der Waals surface area contributed by atoms with Crippen molar-refractivity contribution < 1.29 is 14.6 Å². The van der Waals surface area contributed by atoms with Gasteiger partial charge in [-0.1, -0.05) is 48.5 Å². The van der Waals surface area contributed by atoms with Gasteiger partial charge < -0.3 is 19.6 Å². The Bertz CT molecular complexity index is 869. The number of piperidine rings is 1. The zero-order valence-electron chi connectivity index (χ0n) is 17.4. The topological polar surface area (TPSA) is 53.0 Å². The summed E-state index contributed by atoms with van der Waals surface area (Å²) in [4.78, 5) is 17.1. The van der Waals surface area contributed by atoms with E-state index in [4.69, 9.17) is 4.74 Å². The molecule has 0 bridgehead atoms. The van der Waals surface area contributed by atoms with E-state index in [1.807, 2.05) is 4.90 Å². The van der Waals surface area contributed by atoms with Gasteiger partial charge in [-0.05, 0) is 47.4 Å². The van der Waals surface area contributed by atoms with Crippen LogP contribution in [-0.4, -0.2) is 66.4 Å². The van der Waals surface area contributed by atoms with Crippen molar-refractivity contribution in [3.63, 3.8) is 0 Å². The summed E-state index contributed by atoms with van der Waals surface area (Å²) >= 11 is 0. The van der Waals surface area contributed by atoms with Crippen molar-refractivity contribution in [2.75, 3.05) is 39.3 Å². The Morgan fingerprint density at radius 2 is 1.67 bits per heavy atom. The van der Waals surface area contributed by atoms with Gasteiger partial charge in [0.05, 0.1) is 6.10 Å². The van der Waals surface area contributed by atoms with E-state index in [1.54, 1.807) is 0 Å². The minimum Gasteiger partial charge on any atom is -0.448 e. The SMILES string of the molecule is O=C(OCC1c2ccccc2-c2ccccc21)N1CCCC(CN2CCC(O)C2)C1. The molecular weight excluding hydrogens is 376 g/mol. The molecular formula is C25H30N2O3. The van der Waals surface area contributed by atoms with Crippen LogP contribution in [0.1, 0.15) is 36.3 Å². The number of amides is 1. The van der Waals surface area contributed by atoms with Gasteiger partial charge in [0.1, 0.15) is 6.61 Å². The summed E-state index contributed by atoms with van der Waals surface area (Å²) in [6, 6.07) is 16.9. The van der Waals surface area contributed by atoms with Crippen LogP contribution in [0.3, 0.4) is 0 Å². The number of rotatable bonds is 4. The average Bonchev–Trinajstić information content (AvgIpc) is 3.33. The maximum Gasteiger partial charge on any atom is 0.409 e. The molecule has 2 aromatic carbocycles. The maximum atomic E-state index is 12.9. The van der Waals surface area contributed by atoms with E-state index in [1.165, 1.54) is 22.3 Å². The molecule has 1 N–H and O–H groups in total. The van der Waals surface area contributed by atoms with Crippen molar-refractivity contribution in [2.24, 2.45) is 5.92 Å². The lowest BCUT2D eigenvalue weighted by molar-refractivity contribution is 0.0756. The lowest BCUT2D eigenvalue weighted by Crippen LogP contribution is -2.44. The van der Waals surface area contributed by atoms with Gasteiger partial charge in [0.15, 0.2) is 0 Å². The van der Waals surface area contributed by atoms with Crippen molar-refractivity contribution in [3.8, 4) is 11.1 Å². The number of β-amino-alcohol motifs (C(OH)–C–C–N with tert-alkyl or cyclic N) is 1. The quantitative estimate of drug-likeness (QED) is 0.841. The van der Waals surface area contributed by atoms with Crippen LogP contribution in [-0.2, 0) is 4.74 Å². The van der Waals surface area contributed by atoms with E-state index in [-0.39, 0.29) is 18.1 Å². The molecule has 0 spiro atoms. The third-order valence-electron chi connectivity index (χ3n) is 6.88. The number of carbonyl (C=O) groups excluding carboxylic acids is 1. The summed E-state index contributed by atoms with van der Waals surface area (Å²) < 4.78 is 5.85. The van der Waals surface area contributed by atoms with E-state index in [2.05, 4.69) is 53.4 Å². The van der Waals surface area contributed by atoms with Crippen molar-refractivity contribution in [1.29, 1.82) is 0 Å². The van der Waals surface area contributed by atoms with E-state index < -0.39 is 0 Å². The Labute approximate surface area is 178 Å². The molecule has 158 valence electrons. The fourth-order valence-electron chi connectivity index (χ4n) is 5.41. The van der Waals surface area contributed by atoms with Gasteiger partial charge in [0.2, 0.25) is 0 Å². The Balaban J connectivity index is 1.21. The van der Waals surface area contributed by atoms with Crippen LogP contribution in [0.4, 0.5) is 4.79 Å². The van der Waals surface area contributed by atoms with Crippen molar-refractivity contribution in [1.82, 2.24) is 9.80 Å². The van der Waals surface area contributed by atoms with Gasteiger partial charge in [-0.3, -0.25) is 0 Å². The second-order valence-corrected chi connectivity index (χ2v) is 8.96. The van der Waals surface area contributed by atoms with Crippen molar-refractivity contribution >= 4 is 6.09 Å². The third kappa shape index (κ3) is 3.84. The largest absolute Gasteiger partial charge is 0.448 e. The first-order valence-electron chi connectivity index (χ1n) is 11.2. The number of hydrogen-bond donors (Lipinski definition) is 1. The monoisotopic (exact) mass is 406 g/mol. The average molecular weight is 407 g/mol. The second kappa shape index (κ2) is 8.40. The number of nitrogens with zero attached hydrogens (tertiary/aromatic N) is 2. The number of benzene rings is 2. The fourth-order valence-corrected chi connectivity index (χ4v) is 5.41. The summed E-state index contributed by atoms with van der Waals surface area (Å²) in [5, 5.41) is 9.76. The molecule has 5 heteroatoms. The van der Waals surface area contributed by atoms with E-state index in [9.17, 15) is 9.90 Å². The second-order valence-electron chi connectivity index (χ2n) is 8.96. The molecule has 2 heterocycles. The first-order valence-corrected chi connectivity index (χ1v) is 11.2. The lowest BCUT2D eigenvalue weighted by atomic mass is 9.97. The third-order valence-corrected chi connectivity index (χ3v) is 6.88. The smallest absolute Gasteiger partial charge is 0.409 e. The molecule has 5 nitrogen and oxygen atoms in total. The molecule has 1 aliphatic carbocycles. The predicted octanol–water partition coefficient (Wildman–Crippen LogP) is 3.71. The molecule has 2 saturated heterocycles. The van der Waals surface area contributed by atoms with Gasteiger partial charge in [0, 0.05) is 38.6 Å². The fraction of sp³-hybridized carbons (Fsp3) is 0.480. The molecule has 2 unspecified atom stereocenters. The Morgan fingerprint density at radius 3 is 2.33 bits per heavy atom. The summed E-state index contributed by atoms with van der Waals surface area (Å²) in [6.45, 7) is 4.60. The normalized spacial score (nSPS) is 24.0. The molecule has 2 aromatic rings. The molecule has 3 aliphatic rings. The van der Waals surface area contributed by atoms with Gasteiger partial charge in [-0.25, -0.2) is 4.79 Å². The van der Waals surface area contributed by atoms with Gasteiger partial charge in [-0.2, -0.15) is 0 Å². The number of fused-ring (bicyclic) bond motifs is 3. The first kappa shape index (κ1) is 19.6. The highest BCUT2D eigenvalue weighted by molar-refractivity contribution is 5.79. The minimum absolute atomic E-state index is 0.105. The van der Waals surface area contributed by atoms with Crippen LogP contribution in [0.25, 0.3) is 11.1 Å². The van der Waals surface area contributed by atoms with Gasteiger partial charge in [-0.15, -0.1) is 0 Å². The van der Waals surface area contributed by atoms with Crippen molar-refractivity contribution in [3.05, 3.63) is 59.7 Å². The van der Waals surface area contributed by atoms with Crippen LogP contribution in [0.2, 0.25) is 0 Å².